The number of carboxylic acids is 1. The van der Waals surface area contributed by atoms with Crippen molar-refractivity contribution in [2.24, 2.45) is 0 Å². The van der Waals surface area contributed by atoms with Gasteiger partial charge in [0.05, 0.1) is 5.56 Å². The van der Waals surface area contributed by atoms with Crippen molar-refractivity contribution in [3.63, 3.8) is 0 Å². The third-order valence-corrected chi connectivity index (χ3v) is 4.85. The van der Waals surface area contributed by atoms with Gasteiger partial charge in [0.25, 0.3) is 0 Å². The van der Waals surface area contributed by atoms with Gasteiger partial charge in [0.15, 0.2) is 5.82 Å². The molecular weight excluding hydrogens is 360 g/mol. The predicted molar refractivity (Wildman–Crippen MR) is 97.4 cm³/mol. The fourth-order valence-corrected chi connectivity index (χ4v) is 3.16. The van der Waals surface area contributed by atoms with Crippen LogP contribution in [0.25, 0.3) is 0 Å². The Morgan fingerprint density at radius 2 is 1.72 bits per heavy atom. The average molecular weight is 375 g/mol. The number of hydrogen-bond donors (Lipinski definition) is 2. The van der Waals surface area contributed by atoms with Crippen molar-refractivity contribution < 1.29 is 9.90 Å². The second kappa shape index (κ2) is 7.58. The maximum absolute atomic E-state index is 10.9. The number of hydrogen-bond acceptors (Lipinski definition) is 5. The van der Waals surface area contributed by atoms with Gasteiger partial charge in [0.2, 0.25) is 5.16 Å². The van der Waals surface area contributed by atoms with E-state index in [1.165, 1.54) is 16.4 Å². The lowest BCUT2D eigenvalue weighted by Gasteiger charge is -2.05. The number of carbonyl (C=O) groups is 1. The van der Waals surface area contributed by atoms with E-state index in [-0.39, 0.29) is 5.56 Å². The zero-order chi connectivity index (χ0) is 17.8. The minimum absolute atomic E-state index is 0.265. The van der Waals surface area contributed by atoms with E-state index in [1.54, 1.807) is 24.3 Å². The van der Waals surface area contributed by atoms with Crippen LogP contribution in [-0.2, 0) is 12.2 Å². The van der Waals surface area contributed by atoms with E-state index >= 15 is 0 Å². The van der Waals surface area contributed by atoms with Crippen LogP contribution in [-0.4, -0.2) is 25.9 Å². The molecule has 25 heavy (non-hydrogen) atoms. The molecule has 0 saturated carbocycles. The molecule has 0 amide bonds. The van der Waals surface area contributed by atoms with Crippen LogP contribution in [0.2, 0.25) is 5.02 Å². The third-order valence-electron chi connectivity index (χ3n) is 3.58. The lowest BCUT2D eigenvalue weighted by atomic mass is 10.1. The molecule has 3 N–H and O–H groups in total. The molecule has 0 unspecified atom stereocenters. The largest absolute Gasteiger partial charge is 0.478 e. The van der Waals surface area contributed by atoms with Crippen LogP contribution in [0.5, 0.6) is 0 Å². The summed E-state index contributed by atoms with van der Waals surface area (Å²) in [5, 5.41) is 18.5. The topological polar surface area (TPSA) is 94.0 Å². The van der Waals surface area contributed by atoms with E-state index in [1.807, 2.05) is 24.3 Å². The van der Waals surface area contributed by atoms with Crippen LogP contribution in [0.4, 0.5) is 0 Å². The molecule has 1 aromatic heterocycles. The molecular formula is C17H15ClN4O2S. The minimum Gasteiger partial charge on any atom is -0.478 e. The molecule has 0 bridgehead atoms. The van der Waals surface area contributed by atoms with Crippen molar-refractivity contribution in [3.8, 4) is 0 Å². The maximum atomic E-state index is 10.9. The van der Waals surface area contributed by atoms with Crippen molar-refractivity contribution in [2.45, 2.75) is 17.3 Å². The quantitative estimate of drug-likeness (QED) is 0.508. The fraction of sp³-hybridized carbons (Fsp3) is 0.118. The number of aromatic nitrogens is 3. The predicted octanol–water partition coefficient (Wildman–Crippen LogP) is 3.23. The van der Waals surface area contributed by atoms with E-state index in [4.69, 9.17) is 22.6 Å². The van der Waals surface area contributed by atoms with Gasteiger partial charge in [-0.05, 0) is 35.4 Å². The van der Waals surface area contributed by atoms with Gasteiger partial charge in [-0.2, -0.15) is 0 Å². The Bertz CT molecular complexity index is 879. The lowest BCUT2D eigenvalue weighted by molar-refractivity contribution is 0.0697. The van der Waals surface area contributed by atoms with E-state index in [0.29, 0.717) is 28.2 Å². The maximum Gasteiger partial charge on any atom is 0.335 e. The highest BCUT2D eigenvalue weighted by Crippen LogP contribution is 2.21. The van der Waals surface area contributed by atoms with Crippen molar-refractivity contribution in [1.82, 2.24) is 14.9 Å². The Labute approximate surface area is 153 Å². The average Bonchev–Trinajstić information content (AvgIpc) is 2.95. The summed E-state index contributed by atoms with van der Waals surface area (Å²) in [6.07, 6.45) is 0.564. The van der Waals surface area contributed by atoms with Gasteiger partial charge in [-0.25, -0.2) is 9.47 Å². The molecule has 128 valence electrons. The van der Waals surface area contributed by atoms with E-state index in [0.717, 1.165) is 11.1 Å². The summed E-state index contributed by atoms with van der Waals surface area (Å²) >= 11 is 7.33. The first-order valence-corrected chi connectivity index (χ1v) is 8.78. The molecule has 8 heteroatoms. The summed E-state index contributed by atoms with van der Waals surface area (Å²) in [5.41, 5.74) is 2.29. The van der Waals surface area contributed by atoms with Crippen LogP contribution in [0.15, 0.2) is 53.7 Å². The number of carboxylic acid groups (broad SMARTS) is 1. The van der Waals surface area contributed by atoms with Gasteiger partial charge in [-0.3, -0.25) is 0 Å². The van der Waals surface area contributed by atoms with Gasteiger partial charge in [0, 0.05) is 17.2 Å². The monoisotopic (exact) mass is 374 g/mol. The van der Waals surface area contributed by atoms with Crippen molar-refractivity contribution in [1.29, 1.82) is 0 Å². The highest BCUT2D eigenvalue weighted by Gasteiger charge is 2.11. The Morgan fingerprint density at radius 1 is 1.08 bits per heavy atom. The molecule has 0 radical (unpaired) electrons. The molecule has 0 aliphatic heterocycles. The number of nitrogen functional groups attached to an aromatic ring is 1. The number of halogens is 1. The Hall–Kier alpha value is -2.51. The van der Waals surface area contributed by atoms with Gasteiger partial charge in [-0.15, -0.1) is 10.2 Å². The Balaban J connectivity index is 1.64. The normalized spacial score (nSPS) is 10.8. The second-order valence-electron chi connectivity index (χ2n) is 5.36. The molecule has 0 aliphatic rings. The number of aromatic carboxylic acids is 1. The van der Waals surface area contributed by atoms with E-state index in [9.17, 15) is 4.79 Å². The SMILES string of the molecule is Nn1c(Cc2ccc(Cl)cc2)nnc1SCc1ccc(C(=O)O)cc1. The molecule has 1 heterocycles. The van der Waals surface area contributed by atoms with Crippen LogP contribution in [0.1, 0.15) is 27.3 Å². The van der Waals surface area contributed by atoms with Crippen LogP contribution in [0.3, 0.4) is 0 Å². The van der Waals surface area contributed by atoms with Crippen molar-refractivity contribution in [2.75, 3.05) is 5.84 Å². The standard InChI is InChI=1S/C17H15ClN4O2S/c18-14-7-3-11(4-8-14)9-15-20-21-17(22(15)19)25-10-12-1-5-13(6-2-12)16(23)24/h1-8H,9-10,19H2,(H,23,24). The summed E-state index contributed by atoms with van der Waals surface area (Å²) in [4.78, 5) is 10.9. The molecule has 2 aromatic carbocycles. The number of nitrogens with two attached hydrogens (primary N) is 1. The third kappa shape index (κ3) is 4.32. The first kappa shape index (κ1) is 17.3. The van der Waals surface area contributed by atoms with Gasteiger partial charge in [-0.1, -0.05) is 47.6 Å². The molecule has 0 spiro atoms. The lowest BCUT2D eigenvalue weighted by Crippen LogP contribution is -2.14. The summed E-state index contributed by atoms with van der Waals surface area (Å²) in [7, 11) is 0. The molecule has 3 aromatic rings. The molecule has 0 aliphatic carbocycles. The van der Waals surface area contributed by atoms with Gasteiger partial charge >= 0.3 is 5.97 Å². The molecule has 3 rings (SSSR count). The van der Waals surface area contributed by atoms with Crippen LogP contribution >= 0.6 is 23.4 Å². The van der Waals surface area contributed by atoms with E-state index in [2.05, 4.69) is 10.2 Å². The number of nitrogens with zero attached hydrogens (tertiary/aromatic N) is 3. The van der Waals surface area contributed by atoms with Crippen LogP contribution < -0.4 is 5.84 Å². The number of thioether (sulfide) groups is 1. The summed E-state index contributed by atoms with van der Waals surface area (Å²) in [5.74, 6) is 6.42. The molecule has 0 atom stereocenters. The second-order valence-corrected chi connectivity index (χ2v) is 6.74. The fourth-order valence-electron chi connectivity index (χ4n) is 2.20. The minimum atomic E-state index is -0.937. The van der Waals surface area contributed by atoms with Gasteiger partial charge in [0.1, 0.15) is 0 Å². The Kier molecular flexibility index (Phi) is 5.25. The Morgan fingerprint density at radius 3 is 2.36 bits per heavy atom. The highest BCUT2D eigenvalue weighted by molar-refractivity contribution is 7.98. The molecule has 6 nitrogen and oxygen atoms in total. The first-order chi connectivity index (χ1) is 12.0. The van der Waals surface area contributed by atoms with Crippen LogP contribution in [0, 0.1) is 0 Å². The highest BCUT2D eigenvalue weighted by atomic mass is 35.5. The summed E-state index contributed by atoms with van der Waals surface area (Å²) in [6, 6.07) is 14.2. The molecule has 0 saturated heterocycles. The van der Waals surface area contributed by atoms with Crippen molar-refractivity contribution >= 4 is 29.3 Å². The molecule has 0 fully saturated rings. The zero-order valence-electron chi connectivity index (χ0n) is 13.1. The first-order valence-electron chi connectivity index (χ1n) is 7.42. The van der Waals surface area contributed by atoms with Gasteiger partial charge < -0.3 is 10.9 Å². The summed E-state index contributed by atoms with van der Waals surface area (Å²) in [6.45, 7) is 0. The van der Waals surface area contributed by atoms with E-state index < -0.39 is 5.97 Å². The summed E-state index contributed by atoms with van der Waals surface area (Å²) < 4.78 is 1.48. The smallest absolute Gasteiger partial charge is 0.335 e. The zero-order valence-corrected chi connectivity index (χ0v) is 14.7. The number of rotatable bonds is 6. The van der Waals surface area contributed by atoms with Crippen molar-refractivity contribution in [3.05, 3.63) is 76.1 Å². The number of benzene rings is 2.